The summed E-state index contributed by atoms with van der Waals surface area (Å²) in [6, 6.07) is -0.599. The first-order chi connectivity index (χ1) is 24.8. The average Bonchev–Trinajstić information content (AvgIpc) is 3.08. The van der Waals surface area contributed by atoms with Crippen molar-refractivity contribution in [1.82, 2.24) is 26.6 Å². The Labute approximate surface area is 305 Å². The lowest BCUT2D eigenvalue weighted by molar-refractivity contribution is -0.143. The SMILES string of the molecule is C=CC[C@H](NC(=O)[C@H](CCCCN)NC(=O)[C@H](CCCCN)NC(=O)[C@H](C)N)C(=O)N[C@@H](Cc1ccc(O)cc1)C(=O)N[C@@H](CC1CCC1)C(=O)O. The zero-order valence-corrected chi connectivity index (χ0v) is 30.1. The van der Waals surface area contributed by atoms with E-state index in [0.717, 1.165) is 19.3 Å². The number of carboxylic acid groups (broad SMARTS) is 1. The van der Waals surface area contributed by atoms with E-state index in [2.05, 4.69) is 33.2 Å². The number of carbonyl (C=O) groups is 6. The van der Waals surface area contributed by atoms with Crippen molar-refractivity contribution < 1.29 is 39.0 Å². The Hall–Kier alpha value is -4.54. The van der Waals surface area contributed by atoms with Crippen LogP contribution in [0, 0.1) is 5.92 Å². The molecule has 0 heterocycles. The number of rotatable bonds is 25. The Kier molecular flexibility index (Phi) is 19.4. The van der Waals surface area contributed by atoms with E-state index in [-0.39, 0.29) is 43.8 Å². The number of phenols is 1. The molecular weight excluding hydrogens is 672 g/mol. The van der Waals surface area contributed by atoms with Crippen LogP contribution in [0.2, 0.25) is 0 Å². The van der Waals surface area contributed by atoms with E-state index in [1.54, 1.807) is 12.1 Å². The smallest absolute Gasteiger partial charge is 0.326 e. The highest BCUT2D eigenvalue weighted by Crippen LogP contribution is 2.30. The third-order valence-electron chi connectivity index (χ3n) is 9.03. The molecule has 0 aliphatic heterocycles. The van der Waals surface area contributed by atoms with Crippen LogP contribution >= 0.6 is 0 Å². The topological polar surface area (TPSA) is 281 Å². The van der Waals surface area contributed by atoms with Gasteiger partial charge in [0, 0.05) is 6.42 Å². The van der Waals surface area contributed by atoms with Crippen LogP contribution in [-0.2, 0) is 35.2 Å². The fourth-order valence-corrected chi connectivity index (χ4v) is 5.67. The number of unbranched alkanes of at least 4 members (excludes halogenated alkanes) is 2. The minimum absolute atomic E-state index is 0.000272. The monoisotopic (exact) mass is 730 g/mol. The van der Waals surface area contributed by atoms with Crippen LogP contribution < -0.4 is 43.8 Å². The Morgan fingerprint density at radius 3 is 1.67 bits per heavy atom. The summed E-state index contributed by atoms with van der Waals surface area (Å²) in [4.78, 5) is 78.9. The number of aliphatic carboxylic acids is 1. The van der Waals surface area contributed by atoms with Gasteiger partial charge in [0.25, 0.3) is 0 Å². The molecule has 1 fully saturated rings. The second-order valence-electron chi connectivity index (χ2n) is 13.4. The van der Waals surface area contributed by atoms with E-state index in [1.165, 1.54) is 25.1 Å². The Morgan fingerprint density at radius 1 is 0.750 bits per heavy atom. The molecule has 16 heteroatoms. The average molecular weight is 731 g/mol. The zero-order chi connectivity index (χ0) is 38.6. The third kappa shape index (κ3) is 15.4. The van der Waals surface area contributed by atoms with E-state index in [0.29, 0.717) is 44.3 Å². The van der Waals surface area contributed by atoms with Gasteiger partial charge in [0.2, 0.25) is 29.5 Å². The molecule has 290 valence electrons. The van der Waals surface area contributed by atoms with Gasteiger partial charge in [-0.15, -0.1) is 6.58 Å². The van der Waals surface area contributed by atoms with E-state index in [9.17, 15) is 39.0 Å². The summed E-state index contributed by atoms with van der Waals surface area (Å²) in [6.45, 7) is 5.92. The van der Waals surface area contributed by atoms with Crippen molar-refractivity contribution in [1.29, 1.82) is 0 Å². The first kappa shape index (κ1) is 43.6. The molecule has 2 rings (SSSR count). The fraction of sp³-hybridized carbons (Fsp3) is 0.611. The van der Waals surface area contributed by atoms with E-state index in [1.807, 2.05) is 0 Å². The highest BCUT2D eigenvalue weighted by Gasteiger charge is 2.33. The summed E-state index contributed by atoms with van der Waals surface area (Å²) in [5.41, 5.74) is 17.6. The maximum Gasteiger partial charge on any atom is 0.326 e. The van der Waals surface area contributed by atoms with Crippen molar-refractivity contribution in [3.05, 3.63) is 42.5 Å². The number of carboxylic acids is 1. The largest absolute Gasteiger partial charge is 0.508 e. The first-order valence-corrected chi connectivity index (χ1v) is 18.1. The molecule has 1 aromatic carbocycles. The molecule has 6 atom stereocenters. The van der Waals surface area contributed by atoms with Crippen LogP contribution in [0.3, 0.4) is 0 Å². The molecule has 0 radical (unpaired) electrons. The highest BCUT2D eigenvalue weighted by atomic mass is 16.4. The fourth-order valence-electron chi connectivity index (χ4n) is 5.67. The Bertz CT molecular complexity index is 1340. The minimum Gasteiger partial charge on any atom is -0.508 e. The van der Waals surface area contributed by atoms with Gasteiger partial charge in [-0.1, -0.05) is 37.5 Å². The van der Waals surface area contributed by atoms with Crippen molar-refractivity contribution in [3.8, 4) is 5.75 Å². The predicted octanol–water partition coefficient (Wildman–Crippen LogP) is -0.185. The van der Waals surface area contributed by atoms with Gasteiger partial charge in [0.15, 0.2) is 0 Å². The Morgan fingerprint density at radius 2 is 1.21 bits per heavy atom. The summed E-state index contributed by atoms with van der Waals surface area (Å²) in [6.07, 6.45) is 6.95. The minimum atomic E-state index is -1.24. The lowest BCUT2D eigenvalue weighted by atomic mass is 9.81. The van der Waals surface area contributed by atoms with Gasteiger partial charge < -0.3 is 54.0 Å². The van der Waals surface area contributed by atoms with Crippen LogP contribution in [0.25, 0.3) is 0 Å². The van der Waals surface area contributed by atoms with Crippen molar-refractivity contribution in [2.45, 2.75) is 120 Å². The number of aromatic hydroxyl groups is 1. The first-order valence-electron chi connectivity index (χ1n) is 18.1. The molecule has 0 bridgehead atoms. The molecular formula is C36H58N8O8. The van der Waals surface area contributed by atoms with Crippen molar-refractivity contribution in [3.63, 3.8) is 0 Å². The number of benzene rings is 1. The van der Waals surface area contributed by atoms with Gasteiger partial charge in [-0.25, -0.2) is 4.79 Å². The molecule has 0 unspecified atom stereocenters. The normalized spacial score (nSPS) is 16.1. The molecule has 1 aliphatic carbocycles. The van der Waals surface area contributed by atoms with Gasteiger partial charge in [0.05, 0.1) is 6.04 Å². The zero-order valence-electron chi connectivity index (χ0n) is 30.1. The summed E-state index contributed by atoms with van der Waals surface area (Å²) in [5, 5.41) is 32.8. The quantitative estimate of drug-likeness (QED) is 0.0465. The van der Waals surface area contributed by atoms with Crippen LogP contribution in [0.4, 0.5) is 0 Å². The lowest BCUT2D eigenvalue weighted by Crippen LogP contribution is -2.59. The molecule has 5 amide bonds. The van der Waals surface area contributed by atoms with Crippen molar-refractivity contribution >= 4 is 35.5 Å². The van der Waals surface area contributed by atoms with Gasteiger partial charge in [-0.05, 0) is 95.0 Å². The van der Waals surface area contributed by atoms with E-state index >= 15 is 0 Å². The van der Waals surface area contributed by atoms with Gasteiger partial charge in [-0.3, -0.25) is 24.0 Å². The third-order valence-corrected chi connectivity index (χ3v) is 9.03. The summed E-state index contributed by atoms with van der Waals surface area (Å²) < 4.78 is 0. The molecule has 16 nitrogen and oxygen atoms in total. The molecule has 0 spiro atoms. The summed E-state index contributed by atoms with van der Waals surface area (Å²) in [7, 11) is 0. The summed E-state index contributed by atoms with van der Waals surface area (Å²) >= 11 is 0. The maximum atomic E-state index is 13.7. The number of phenolic OH excluding ortho intramolecular Hbond substituents is 1. The predicted molar refractivity (Wildman–Crippen MR) is 195 cm³/mol. The van der Waals surface area contributed by atoms with Crippen LogP contribution in [0.5, 0.6) is 5.75 Å². The molecule has 1 aromatic rings. The van der Waals surface area contributed by atoms with Crippen LogP contribution in [-0.4, -0.2) is 95.1 Å². The van der Waals surface area contributed by atoms with E-state index < -0.39 is 71.8 Å². The van der Waals surface area contributed by atoms with Crippen LogP contribution in [0.1, 0.15) is 83.1 Å². The standard InChI is InChI=1S/C36H58N8O8/c1-3-9-26(41-34(49)28(13-5-7-19-38)42-33(48)27(12-4-6-18-37)40-31(46)22(2)39)32(47)43-29(20-24-14-16-25(45)17-15-24)35(50)44-30(36(51)52)21-23-10-8-11-23/h3,14-17,22-23,26-30,45H,1,4-13,18-21,37-39H2,2H3,(H,40,46)(H,41,49)(H,42,48)(H,43,47)(H,44,50)(H,51,52)/t22-,26-,27-,28-,29-,30-/m0/s1. The molecule has 0 aromatic heterocycles. The molecule has 0 saturated heterocycles. The number of nitrogens with two attached hydrogens (primary N) is 3. The molecule has 52 heavy (non-hydrogen) atoms. The maximum absolute atomic E-state index is 13.7. The number of amides is 5. The second-order valence-corrected chi connectivity index (χ2v) is 13.4. The molecule has 1 saturated carbocycles. The number of carbonyl (C=O) groups excluding carboxylic acids is 5. The number of hydrogen-bond acceptors (Lipinski definition) is 10. The molecule has 13 N–H and O–H groups in total. The van der Waals surface area contributed by atoms with Crippen molar-refractivity contribution in [2.24, 2.45) is 23.1 Å². The van der Waals surface area contributed by atoms with Crippen LogP contribution in [0.15, 0.2) is 36.9 Å². The van der Waals surface area contributed by atoms with E-state index in [4.69, 9.17) is 17.2 Å². The van der Waals surface area contributed by atoms with Crippen molar-refractivity contribution in [2.75, 3.05) is 13.1 Å². The number of nitrogens with one attached hydrogen (secondary N) is 5. The van der Waals surface area contributed by atoms with Gasteiger partial charge >= 0.3 is 5.97 Å². The molecule has 1 aliphatic rings. The summed E-state index contributed by atoms with van der Waals surface area (Å²) in [5.74, 6) is -4.30. The Balaban J connectivity index is 2.28. The lowest BCUT2D eigenvalue weighted by Gasteiger charge is -2.30. The number of hydrogen-bond donors (Lipinski definition) is 10. The van der Waals surface area contributed by atoms with Gasteiger partial charge in [0.1, 0.15) is 36.0 Å². The second kappa shape index (κ2) is 23.1. The van der Waals surface area contributed by atoms with Gasteiger partial charge in [-0.2, -0.15) is 0 Å². The highest BCUT2D eigenvalue weighted by molar-refractivity contribution is 5.96.